The van der Waals surface area contributed by atoms with Crippen molar-refractivity contribution in [2.45, 2.75) is 217 Å². The average Bonchev–Trinajstić information content (AvgIpc) is 3.31. The van der Waals surface area contributed by atoms with Crippen LogP contribution in [0.15, 0.2) is 41.4 Å². The van der Waals surface area contributed by atoms with Gasteiger partial charge in [-0.2, -0.15) is 9.29 Å². The van der Waals surface area contributed by atoms with Gasteiger partial charge in [0.15, 0.2) is 6.10 Å². The topological polar surface area (TPSA) is 326 Å². The van der Waals surface area contributed by atoms with Crippen molar-refractivity contribution in [2.24, 2.45) is 17.8 Å². The number of carbonyl (C=O) groups is 2. The molecule has 3 heterocycles. The molecule has 0 spiro atoms. The number of rotatable bonds is 23. The van der Waals surface area contributed by atoms with Crippen LogP contribution in [-0.4, -0.2) is 119 Å². The lowest BCUT2D eigenvalue weighted by Crippen LogP contribution is -2.52. The minimum atomic E-state index is -5.71. The van der Waals surface area contributed by atoms with Crippen LogP contribution in [0.2, 0.25) is 0 Å². The van der Waals surface area contributed by atoms with Crippen LogP contribution in [0.4, 0.5) is 5.82 Å². The molecule has 12 atom stereocenters. The van der Waals surface area contributed by atoms with E-state index in [1.54, 1.807) is 12.2 Å². The zero-order valence-corrected chi connectivity index (χ0v) is 45.0. The van der Waals surface area contributed by atoms with Crippen LogP contribution in [0, 0.1) is 17.8 Å². The lowest BCUT2D eigenvalue weighted by molar-refractivity contribution is -0.194. The number of ether oxygens (including phenoxy) is 3. The van der Waals surface area contributed by atoms with Gasteiger partial charge in [0, 0.05) is 37.3 Å². The number of esters is 2. The van der Waals surface area contributed by atoms with Crippen LogP contribution < -0.4 is 11.4 Å². The molecule has 21 nitrogen and oxygen atoms in total. The molecule has 23 heteroatoms. The highest BCUT2D eigenvalue weighted by atomic mass is 31.3. The van der Waals surface area contributed by atoms with Crippen molar-refractivity contribution in [2.75, 3.05) is 25.6 Å². The number of allylic oxidation sites excluding steroid dienone is 2. The van der Waals surface area contributed by atoms with Crippen molar-refractivity contribution in [3.05, 3.63) is 47.1 Å². The summed E-state index contributed by atoms with van der Waals surface area (Å²) in [6.45, 7) is 3.79. The molecule has 1 saturated heterocycles. The van der Waals surface area contributed by atoms with E-state index in [4.69, 9.17) is 29.0 Å². The number of cyclic esters (lactones) is 1. The highest BCUT2D eigenvalue weighted by Gasteiger charge is 2.45. The highest BCUT2D eigenvalue weighted by Crippen LogP contribution is 2.60. The molecule has 0 aromatic carbocycles. The Bertz CT molecular complexity index is 1960. The molecule has 3 rings (SSSR count). The van der Waals surface area contributed by atoms with Crippen molar-refractivity contribution in [1.29, 1.82) is 0 Å². The Hall–Kier alpha value is -2.88. The number of hydrogen-bond donors (Lipinski definition) is 8. The third-order valence-electron chi connectivity index (χ3n) is 13.0. The van der Waals surface area contributed by atoms with E-state index in [1.807, 2.05) is 6.92 Å². The third kappa shape index (κ3) is 26.2. The lowest BCUT2D eigenvalue weighted by atomic mass is 9.82. The standard InChI is InChI=1S/C50H87N3O18P2/c1-4-5-18-24-37(54)28-29-39-41(55)32-42(56)40-25-20-16-17-21-26-45(57)66-33-38(69-46(58)27-22-15-13-11-9-7-6-8-10-12-14-19-23-36(2)3)34-67-72(62,63)71-73(64,65)68-35-43(48(60)47(39)59)70-49(40)53-31-30-44(51)52-50(53)61/h16,20,28-31,36-43,47-49,54-56,59-60H,4-15,17-19,21-27,32-35H2,1-3H3,(H,62,63)(H,64,65)(H2,51,52,61)/b20-16-,29-28+/t37-,38+,39-,40-,41+,42-,43+,47-,48+,49+/m0/s1. The van der Waals surface area contributed by atoms with Gasteiger partial charge < -0.3 is 55.3 Å². The van der Waals surface area contributed by atoms with E-state index in [2.05, 4.69) is 23.1 Å². The highest BCUT2D eigenvalue weighted by molar-refractivity contribution is 7.61. The number of phosphoric acid groups is 2. The Labute approximate surface area is 431 Å². The summed E-state index contributed by atoms with van der Waals surface area (Å²) < 4.78 is 59.1. The third-order valence-corrected chi connectivity index (χ3v) is 15.6. The first-order valence-electron chi connectivity index (χ1n) is 26.5. The van der Waals surface area contributed by atoms with Crippen LogP contribution in [-0.2, 0) is 46.3 Å². The number of carbonyl (C=O) groups excluding carboxylic acids is 2. The van der Waals surface area contributed by atoms with Gasteiger partial charge in [-0.1, -0.05) is 141 Å². The molecule has 0 saturated carbocycles. The first-order valence-corrected chi connectivity index (χ1v) is 29.5. The van der Waals surface area contributed by atoms with Crippen molar-refractivity contribution in [3.8, 4) is 0 Å². The maximum absolute atomic E-state index is 13.4. The number of unbranched alkanes of at least 4 members (excludes halogenated alkanes) is 13. The Kier molecular flexibility index (Phi) is 30.6. The van der Waals surface area contributed by atoms with Gasteiger partial charge in [-0.25, -0.2) is 13.9 Å². The molecule has 2 bridgehead atoms. The van der Waals surface area contributed by atoms with Crippen LogP contribution >= 0.6 is 15.6 Å². The number of aliphatic hydroxyl groups excluding tert-OH is 5. The fourth-order valence-electron chi connectivity index (χ4n) is 8.77. The summed E-state index contributed by atoms with van der Waals surface area (Å²) in [5, 5.41) is 57.5. The molecule has 1 fully saturated rings. The van der Waals surface area contributed by atoms with E-state index in [0.29, 0.717) is 25.7 Å². The number of hydrogen-bond acceptors (Lipinski definition) is 18. The molecule has 1 aromatic rings. The minimum absolute atomic E-state index is 0.00353. The van der Waals surface area contributed by atoms with Gasteiger partial charge in [0.05, 0.1) is 37.6 Å². The quantitative estimate of drug-likeness (QED) is 0.0232. The van der Waals surface area contributed by atoms with Gasteiger partial charge in [0.2, 0.25) is 0 Å². The number of nitrogens with zero attached hydrogens (tertiary/aromatic N) is 2. The van der Waals surface area contributed by atoms with E-state index >= 15 is 0 Å². The first kappa shape index (κ1) is 64.4. The Morgan fingerprint density at radius 3 is 2.10 bits per heavy atom. The van der Waals surface area contributed by atoms with Gasteiger partial charge in [-0.3, -0.25) is 23.2 Å². The molecule has 1 aromatic heterocycles. The van der Waals surface area contributed by atoms with E-state index in [9.17, 15) is 58.8 Å². The maximum Gasteiger partial charge on any atom is 0.481 e. The predicted molar refractivity (Wildman–Crippen MR) is 272 cm³/mol. The molecule has 2 unspecified atom stereocenters. The van der Waals surface area contributed by atoms with Crippen molar-refractivity contribution in [3.63, 3.8) is 0 Å². The molecule has 0 aliphatic carbocycles. The monoisotopic (exact) mass is 1080 g/mol. The smallest absolute Gasteiger partial charge is 0.462 e. The van der Waals surface area contributed by atoms with Gasteiger partial charge in [0.1, 0.15) is 30.9 Å². The van der Waals surface area contributed by atoms with Gasteiger partial charge in [-0.15, -0.1) is 0 Å². The molecule has 420 valence electrons. The fraction of sp³-hybridized carbons (Fsp3) is 0.800. The minimum Gasteiger partial charge on any atom is -0.462 e. The normalized spacial score (nSPS) is 30.6. The number of phosphoric ester groups is 2. The van der Waals surface area contributed by atoms with Gasteiger partial charge >= 0.3 is 33.3 Å². The molecule has 9 N–H and O–H groups in total. The summed E-state index contributed by atoms with van der Waals surface area (Å²) in [6.07, 6.45) is 10.9. The van der Waals surface area contributed by atoms with Crippen LogP contribution in [0.25, 0.3) is 0 Å². The number of anilines is 1. The number of aromatic nitrogens is 2. The molecule has 2 aliphatic rings. The van der Waals surface area contributed by atoms with Crippen molar-refractivity contribution in [1.82, 2.24) is 9.55 Å². The second-order valence-electron chi connectivity index (χ2n) is 19.8. The SMILES string of the molecule is CCCCC[C@H](O)/C=C/[C@@H]1[C@H](O)[C@H](O)[C@H]2COP(=O)(O)OP(=O)(O)OC[C@H](OC(=O)CCCCCCCCCCCCCCC(C)C)COC(=O)CCC/C=C\C[C@H]([C@H](n3ccc(N)nc3=O)O2)[C@@H](O)C[C@H]1O. The molecule has 0 radical (unpaired) electrons. The summed E-state index contributed by atoms with van der Waals surface area (Å²) in [5.41, 5.74) is 4.78. The molecule has 2 aliphatic heterocycles. The summed E-state index contributed by atoms with van der Waals surface area (Å²) in [4.78, 5) is 64.3. The van der Waals surface area contributed by atoms with Gasteiger partial charge in [-0.05, 0) is 44.1 Å². The second kappa shape index (κ2) is 34.7. The summed E-state index contributed by atoms with van der Waals surface area (Å²) >= 11 is 0. The van der Waals surface area contributed by atoms with Crippen LogP contribution in [0.3, 0.4) is 0 Å². The number of aliphatic hydroxyl groups is 5. The average molecular weight is 1080 g/mol. The first-order chi connectivity index (χ1) is 34.7. The molecular weight excluding hydrogens is 993 g/mol. The lowest BCUT2D eigenvalue weighted by Gasteiger charge is -2.40. The van der Waals surface area contributed by atoms with Gasteiger partial charge in [0.25, 0.3) is 0 Å². The largest absolute Gasteiger partial charge is 0.481 e. The number of nitrogens with two attached hydrogens (primary N) is 1. The van der Waals surface area contributed by atoms with Crippen molar-refractivity contribution >= 4 is 33.4 Å². The van der Waals surface area contributed by atoms with Crippen LogP contribution in [0.1, 0.15) is 175 Å². The molecule has 0 amide bonds. The number of nitrogen functional groups attached to an aromatic ring is 1. The Balaban J connectivity index is 1.80. The molecule has 73 heavy (non-hydrogen) atoms. The van der Waals surface area contributed by atoms with Crippen molar-refractivity contribution < 1.29 is 81.6 Å². The zero-order valence-electron chi connectivity index (χ0n) is 43.2. The Morgan fingerprint density at radius 2 is 1.47 bits per heavy atom. The number of fused-ring (bicyclic) bond motifs is 3. The Morgan fingerprint density at radius 1 is 0.849 bits per heavy atom. The van der Waals surface area contributed by atoms with E-state index in [1.165, 1.54) is 75.8 Å². The fourth-order valence-corrected chi connectivity index (χ4v) is 10.9. The van der Waals surface area contributed by atoms with E-state index < -0.39 is 120 Å². The van der Waals surface area contributed by atoms with Crippen LogP contribution in [0.5, 0.6) is 0 Å². The summed E-state index contributed by atoms with van der Waals surface area (Å²) in [7, 11) is -11.3. The summed E-state index contributed by atoms with van der Waals surface area (Å²) in [6, 6.07) is 1.24. The zero-order chi connectivity index (χ0) is 53.8. The second-order valence-corrected chi connectivity index (χ2v) is 22.9. The van der Waals surface area contributed by atoms with E-state index in [0.717, 1.165) is 49.0 Å². The molecular formula is C50H87N3O18P2. The predicted octanol–water partition coefficient (Wildman–Crippen LogP) is 7.24. The maximum atomic E-state index is 13.4. The van der Waals surface area contributed by atoms with E-state index in [-0.39, 0.29) is 31.5 Å². The summed E-state index contributed by atoms with van der Waals surface area (Å²) in [5.74, 6) is -3.39.